The molecule has 0 aromatic heterocycles. The normalized spacial score (nSPS) is 11.9. The lowest BCUT2D eigenvalue weighted by Crippen LogP contribution is -2.27. The highest BCUT2D eigenvalue weighted by molar-refractivity contribution is 9.10. The Hall–Kier alpha value is -1.81. The number of anilines is 1. The second-order valence-electron chi connectivity index (χ2n) is 4.82. The Bertz CT molecular complexity index is 623. The number of aryl methyl sites for hydroxylation is 1. The van der Waals surface area contributed by atoms with Crippen molar-refractivity contribution in [3.05, 3.63) is 63.6 Å². The Morgan fingerprint density at radius 2 is 1.85 bits per heavy atom. The standard InChI is InChI=1S/C16H17BrN2O/c1-10-3-8-14(18)9-15(10)16(20)19-11(2)12-4-6-13(17)7-5-12/h3-9,11H,18H2,1-2H3,(H,19,20). The van der Waals surface area contributed by atoms with E-state index in [0.29, 0.717) is 11.3 Å². The molecule has 0 aliphatic rings. The highest BCUT2D eigenvalue weighted by Gasteiger charge is 2.13. The maximum Gasteiger partial charge on any atom is 0.252 e. The third-order valence-electron chi connectivity index (χ3n) is 3.22. The fraction of sp³-hybridized carbons (Fsp3) is 0.188. The fourth-order valence-corrected chi connectivity index (χ4v) is 2.26. The summed E-state index contributed by atoms with van der Waals surface area (Å²) in [6.45, 7) is 3.86. The van der Waals surface area contributed by atoms with Gasteiger partial charge in [0, 0.05) is 15.7 Å². The molecule has 0 heterocycles. The van der Waals surface area contributed by atoms with Crippen molar-refractivity contribution in [2.24, 2.45) is 0 Å². The predicted octanol–water partition coefficient (Wildman–Crippen LogP) is 3.83. The monoisotopic (exact) mass is 332 g/mol. The Kier molecular flexibility index (Phi) is 4.45. The zero-order valence-corrected chi connectivity index (χ0v) is 13.1. The van der Waals surface area contributed by atoms with Crippen molar-refractivity contribution in [1.82, 2.24) is 5.32 Å². The van der Waals surface area contributed by atoms with E-state index in [1.807, 2.05) is 44.2 Å². The van der Waals surface area contributed by atoms with Crippen LogP contribution in [0, 0.1) is 6.92 Å². The number of rotatable bonds is 3. The van der Waals surface area contributed by atoms with Gasteiger partial charge in [0.25, 0.3) is 5.91 Å². The summed E-state index contributed by atoms with van der Waals surface area (Å²) in [5, 5.41) is 2.99. The van der Waals surface area contributed by atoms with E-state index in [4.69, 9.17) is 5.73 Å². The van der Waals surface area contributed by atoms with Crippen LogP contribution < -0.4 is 11.1 Å². The van der Waals surface area contributed by atoms with Crippen molar-refractivity contribution in [2.45, 2.75) is 19.9 Å². The molecule has 4 heteroatoms. The molecule has 3 nitrogen and oxygen atoms in total. The molecule has 0 radical (unpaired) electrons. The molecule has 1 unspecified atom stereocenters. The van der Waals surface area contributed by atoms with Crippen molar-refractivity contribution in [2.75, 3.05) is 5.73 Å². The summed E-state index contributed by atoms with van der Waals surface area (Å²) in [5.41, 5.74) is 8.93. The van der Waals surface area contributed by atoms with Crippen molar-refractivity contribution in [1.29, 1.82) is 0 Å². The lowest BCUT2D eigenvalue weighted by molar-refractivity contribution is 0.0939. The molecule has 2 rings (SSSR count). The second kappa shape index (κ2) is 6.09. The Labute approximate surface area is 127 Å². The second-order valence-corrected chi connectivity index (χ2v) is 5.74. The molecule has 0 fully saturated rings. The van der Waals surface area contributed by atoms with Gasteiger partial charge in [0.1, 0.15) is 0 Å². The number of nitrogens with two attached hydrogens (primary N) is 1. The zero-order chi connectivity index (χ0) is 14.7. The molecule has 3 N–H and O–H groups in total. The minimum atomic E-state index is -0.106. The van der Waals surface area contributed by atoms with Crippen LogP contribution in [0.4, 0.5) is 5.69 Å². The molecular formula is C16H17BrN2O. The zero-order valence-electron chi connectivity index (χ0n) is 11.5. The van der Waals surface area contributed by atoms with Crippen LogP contribution in [0.5, 0.6) is 0 Å². The topological polar surface area (TPSA) is 55.1 Å². The van der Waals surface area contributed by atoms with E-state index < -0.39 is 0 Å². The van der Waals surface area contributed by atoms with Crippen LogP contribution in [-0.4, -0.2) is 5.91 Å². The molecule has 0 spiro atoms. The van der Waals surface area contributed by atoms with Crippen molar-refractivity contribution < 1.29 is 4.79 Å². The molecule has 1 atom stereocenters. The van der Waals surface area contributed by atoms with Crippen LogP contribution in [0.25, 0.3) is 0 Å². The first-order valence-corrected chi connectivity index (χ1v) is 7.19. The first-order valence-electron chi connectivity index (χ1n) is 6.40. The number of benzene rings is 2. The molecule has 2 aromatic carbocycles. The summed E-state index contributed by atoms with van der Waals surface area (Å²) < 4.78 is 1.02. The number of hydrogen-bond acceptors (Lipinski definition) is 2. The number of hydrogen-bond donors (Lipinski definition) is 2. The fourth-order valence-electron chi connectivity index (χ4n) is 1.99. The van der Waals surface area contributed by atoms with Crippen LogP contribution in [0.15, 0.2) is 46.9 Å². The lowest BCUT2D eigenvalue weighted by Gasteiger charge is -2.15. The SMILES string of the molecule is Cc1ccc(N)cc1C(=O)NC(C)c1ccc(Br)cc1. The van der Waals surface area contributed by atoms with Crippen LogP contribution in [0.1, 0.15) is 34.5 Å². The van der Waals surface area contributed by atoms with Gasteiger partial charge in [0.05, 0.1) is 6.04 Å². The Balaban J connectivity index is 2.15. The molecule has 2 aromatic rings. The van der Waals surface area contributed by atoms with Gasteiger partial charge in [-0.15, -0.1) is 0 Å². The average molecular weight is 333 g/mol. The first kappa shape index (κ1) is 14.6. The molecular weight excluding hydrogens is 316 g/mol. The van der Waals surface area contributed by atoms with E-state index in [1.165, 1.54) is 0 Å². The molecule has 1 amide bonds. The third-order valence-corrected chi connectivity index (χ3v) is 3.75. The summed E-state index contributed by atoms with van der Waals surface area (Å²) in [6.07, 6.45) is 0. The van der Waals surface area contributed by atoms with Gasteiger partial charge in [-0.3, -0.25) is 4.79 Å². The lowest BCUT2D eigenvalue weighted by atomic mass is 10.1. The van der Waals surface area contributed by atoms with Crippen LogP contribution in [-0.2, 0) is 0 Å². The molecule has 0 aliphatic heterocycles. The minimum Gasteiger partial charge on any atom is -0.399 e. The van der Waals surface area contributed by atoms with Gasteiger partial charge >= 0.3 is 0 Å². The third kappa shape index (κ3) is 3.39. The van der Waals surface area contributed by atoms with Gasteiger partial charge in [0.2, 0.25) is 0 Å². The van der Waals surface area contributed by atoms with Crippen LogP contribution >= 0.6 is 15.9 Å². The quantitative estimate of drug-likeness (QED) is 0.839. The van der Waals surface area contributed by atoms with E-state index in [1.54, 1.807) is 12.1 Å². The summed E-state index contributed by atoms with van der Waals surface area (Å²) in [4.78, 5) is 12.3. The molecule has 0 saturated heterocycles. The average Bonchev–Trinajstić information content (AvgIpc) is 2.42. The number of carbonyl (C=O) groups excluding carboxylic acids is 1. The molecule has 104 valence electrons. The van der Waals surface area contributed by atoms with Gasteiger partial charge in [-0.05, 0) is 49.2 Å². The summed E-state index contributed by atoms with van der Waals surface area (Å²) in [6, 6.07) is 13.2. The van der Waals surface area contributed by atoms with E-state index in [9.17, 15) is 4.79 Å². The molecule has 0 aliphatic carbocycles. The summed E-state index contributed by atoms with van der Waals surface area (Å²) in [5.74, 6) is -0.106. The van der Waals surface area contributed by atoms with Crippen molar-refractivity contribution >= 4 is 27.5 Å². The minimum absolute atomic E-state index is 0.0589. The van der Waals surface area contributed by atoms with Gasteiger partial charge < -0.3 is 11.1 Å². The maximum atomic E-state index is 12.3. The first-order chi connectivity index (χ1) is 9.47. The van der Waals surface area contributed by atoms with E-state index in [0.717, 1.165) is 15.6 Å². The Morgan fingerprint density at radius 1 is 1.20 bits per heavy atom. The van der Waals surface area contributed by atoms with E-state index in [-0.39, 0.29) is 11.9 Å². The number of halogens is 1. The number of nitrogen functional groups attached to an aromatic ring is 1. The highest BCUT2D eigenvalue weighted by atomic mass is 79.9. The van der Waals surface area contributed by atoms with Gasteiger partial charge in [0.15, 0.2) is 0 Å². The van der Waals surface area contributed by atoms with Gasteiger partial charge in [-0.2, -0.15) is 0 Å². The number of carbonyl (C=O) groups is 1. The number of amides is 1. The maximum absolute atomic E-state index is 12.3. The highest BCUT2D eigenvalue weighted by Crippen LogP contribution is 2.18. The Morgan fingerprint density at radius 3 is 2.50 bits per heavy atom. The van der Waals surface area contributed by atoms with Crippen molar-refractivity contribution in [3.63, 3.8) is 0 Å². The van der Waals surface area contributed by atoms with Gasteiger partial charge in [-0.1, -0.05) is 34.1 Å². The number of nitrogens with one attached hydrogen (secondary N) is 1. The van der Waals surface area contributed by atoms with Crippen LogP contribution in [0.3, 0.4) is 0 Å². The van der Waals surface area contributed by atoms with Crippen molar-refractivity contribution in [3.8, 4) is 0 Å². The summed E-state index contributed by atoms with van der Waals surface area (Å²) in [7, 11) is 0. The van der Waals surface area contributed by atoms with Crippen LogP contribution in [0.2, 0.25) is 0 Å². The molecule has 0 bridgehead atoms. The molecule has 0 saturated carbocycles. The smallest absolute Gasteiger partial charge is 0.252 e. The summed E-state index contributed by atoms with van der Waals surface area (Å²) >= 11 is 3.40. The van der Waals surface area contributed by atoms with E-state index >= 15 is 0 Å². The largest absolute Gasteiger partial charge is 0.399 e. The van der Waals surface area contributed by atoms with E-state index in [2.05, 4.69) is 21.2 Å². The van der Waals surface area contributed by atoms with Gasteiger partial charge in [-0.25, -0.2) is 0 Å². The molecule has 20 heavy (non-hydrogen) atoms. The predicted molar refractivity (Wildman–Crippen MR) is 85.6 cm³/mol.